The molecule has 3 N–H and O–H groups in total. The minimum Gasteiger partial charge on any atom is -0.347 e. The molecular weight excluding hydrogens is 180 g/mol. The highest BCUT2D eigenvalue weighted by molar-refractivity contribution is 6.38. The van der Waals surface area contributed by atoms with Crippen LogP contribution >= 0.6 is 0 Å². The highest BCUT2D eigenvalue weighted by Crippen LogP contribution is 2.18. The molecule has 1 atom stereocenters. The molecule has 1 aliphatic carbocycles. The molecule has 14 heavy (non-hydrogen) atoms. The lowest BCUT2D eigenvalue weighted by Crippen LogP contribution is -2.43. The minimum atomic E-state index is -0.645. The smallest absolute Gasteiger partial charge is 0.289 e. The molecule has 4 heteroatoms. The zero-order valence-corrected chi connectivity index (χ0v) is 8.75. The van der Waals surface area contributed by atoms with Crippen LogP contribution < -0.4 is 11.1 Å². The summed E-state index contributed by atoms with van der Waals surface area (Å²) in [4.78, 5) is 22.7. The number of carbonyl (C=O) groups is 2. The number of carbonyl (C=O) groups excluding carboxylic acids is 2. The number of nitrogens with one attached hydrogen (secondary N) is 1. The molecule has 80 valence electrons. The van der Waals surface area contributed by atoms with Crippen LogP contribution in [-0.2, 0) is 9.59 Å². The Labute approximate surface area is 84.2 Å². The summed E-state index contributed by atoms with van der Waals surface area (Å²) in [5.41, 5.74) is 5.60. The number of ketones is 1. The molecule has 1 saturated carbocycles. The summed E-state index contributed by atoms with van der Waals surface area (Å²) in [6.07, 6.45) is 2.54. The lowest BCUT2D eigenvalue weighted by molar-refractivity contribution is -0.138. The third kappa shape index (κ3) is 3.46. The first kappa shape index (κ1) is 11.2. The number of rotatable bonds is 5. The first-order valence-corrected chi connectivity index (χ1v) is 5.11. The predicted molar refractivity (Wildman–Crippen MR) is 53.6 cm³/mol. The van der Waals surface area contributed by atoms with Gasteiger partial charge in [-0.15, -0.1) is 0 Å². The predicted octanol–water partition coefficient (Wildman–Crippen LogP) is 0.208. The van der Waals surface area contributed by atoms with E-state index in [0.717, 1.165) is 12.8 Å². The molecule has 1 unspecified atom stereocenters. The van der Waals surface area contributed by atoms with E-state index in [-0.39, 0.29) is 6.04 Å². The largest absolute Gasteiger partial charge is 0.347 e. The number of amides is 1. The molecule has 1 aliphatic rings. The SMILES string of the molecule is CC(C)CC(N)C(=O)C(=O)NC1CC1. The van der Waals surface area contributed by atoms with E-state index in [1.807, 2.05) is 13.8 Å². The topological polar surface area (TPSA) is 72.2 Å². The fraction of sp³-hybridized carbons (Fsp3) is 0.800. The summed E-state index contributed by atoms with van der Waals surface area (Å²) in [7, 11) is 0. The first-order valence-electron chi connectivity index (χ1n) is 5.11. The van der Waals surface area contributed by atoms with Crippen LogP contribution in [0.4, 0.5) is 0 Å². The van der Waals surface area contributed by atoms with Gasteiger partial charge in [0.25, 0.3) is 5.91 Å². The molecule has 0 aromatic heterocycles. The van der Waals surface area contributed by atoms with E-state index in [0.29, 0.717) is 12.3 Å². The van der Waals surface area contributed by atoms with Crippen molar-refractivity contribution in [1.82, 2.24) is 5.32 Å². The van der Waals surface area contributed by atoms with E-state index in [1.165, 1.54) is 0 Å². The Balaban J connectivity index is 2.33. The first-order chi connectivity index (χ1) is 6.50. The van der Waals surface area contributed by atoms with Gasteiger partial charge in [-0.05, 0) is 25.2 Å². The molecule has 0 aliphatic heterocycles. The van der Waals surface area contributed by atoms with E-state index in [1.54, 1.807) is 0 Å². The summed E-state index contributed by atoms with van der Waals surface area (Å²) in [6.45, 7) is 3.96. The van der Waals surface area contributed by atoms with Crippen molar-refractivity contribution in [3.8, 4) is 0 Å². The van der Waals surface area contributed by atoms with Gasteiger partial charge in [-0.3, -0.25) is 9.59 Å². The van der Waals surface area contributed by atoms with Crippen molar-refractivity contribution in [1.29, 1.82) is 0 Å². The lowest BCUT2D eigenvalue weighted by atomic mass is 10.0. The van der Waals surface area contributed by atoms with Crippen LogP contribution in [0.1, 0.15) is 33.1 Å². The molecule has 0 aromatic carbocycles. The molecule has 4 nitrogen and oxygen atoms in total. The second-order valence-electron chi connectivity index (χ2n) is 4.35. The van der Waals surface area contributed by atoms with E-state index >= 15 is 0 Å². The summed E-state index contributed by atoms with van der Waals surface area (Å²) in [5, 5.41) is 2.64. The molecular formula is C10H18N2O2. The van der Waals surface area contributed by atoms with Crippen molar-refractivity contribution in [2.24, 2.45) is 11.7 Å². The number of Topliss-reactive ketones (excluding diaryl/α,β-unsaturated/α-hetero) is 1. The van der Waals surface area contributed by atoms with Crippen LogP contribution in [-0.4, -0.2) is 23.8 Å². The van der Waals surface area contributed by atoms with Crippen molar-refractivity contribution in [2.75, 3.05) is 0 Å². The Kier molecular flexibility index (Phi) is 3.63. The van der Waals surface area contributed by atoms with Gasteiger partial charge in [0.1, 0.15) is 0 Å². The van der Waals surface area contributed by atoms with Gasteiger partial charge in [0, 0.05) is 6.04 Å². The average Bonchev–Trinajstić information content (AvgIpc) is 2.85. The van der Waals surface area contributed by atoms with Gasteiger partial charge < -0.3 is 11.1 Å². The number of nitrogens with two attached hydrogens (primary N) is 1. The van der Waals surface area contributed by atoms with Crippen molar-refractivity contribution in [3.63, 3.8) is 0 Å². The second kappa shape index (κ2) is 4.55. The van der Waals surface area contributed by atoms with Gasteiger partial charge in [-0.25, -0.2) is 0 Å². The second-order valence-corrected chi connectivity index (χ2v) is 4.35. The van der Waals surface area contributed by atoms with E-state index in [9.17, 15) is 9.59 Å². The molecule has 0 bridgehead atoms. The Hall–Kier alpha value is -0.900. The third-order valence-electron chi connectivity index (χ3n) is 2.20. The van der Waals surface area contributed by atoms with Gasteiger partial charge in [0.2, 0.25) is 5.78 Å². The highest BCUT2D eigenvalue weighted by Gasteiger charge is 2.29. The molecule has 0 radical (unpaired) electrons. The molecule has 0 spiro atoms. The van der Waals surface area contributed by atoms with E-state index in [2.05, 4.69) is 5.32 Å². The van der Waals surface area contributed by atoms with Crippen molar-refractivity contribution < 1.29 is 9.59 Å². The average molecular weight is 198 g/mol. The summed E-state index contributed by atoms with van der Waals surface area (Å²) < 4.78 is 0. The van der Waals surface area contributed by atoms with Crippen molar-refractivity contribution in [2.45, 2.75) is 45.2 Å². The quantitative estimate of drug-likeness (QED) is 0.620. The fourth-order valence-electron chi connectivity index (χ4n) is 1.27. The number of hydrogen-bond acceptors (Lipinski definition) is 3. The van der Waals surface area contributed by atoms with Crippen molar-refractivity contribution >= 4 is 11.7 Å². The molecule has 1 amide bonds. The molecule has 0 saturated heterocycles. The zero-order chi connectivity index (χ0) is 10.7. The summed E-state index contributed by atoms with van der Waals surface area (Å²) in [6, 6.07) is -0.425. The molecule has 1 rings (SSSR count). The van der Waals surface area contributed by atoms with Crippen LogP contribution in [0.25, 0.3) is 0 Å². The Morgan fingerprint density at radius 1 is 1.43 bits per heavy atom. The van der Waals surface area contributed by atoms with Crippen LogP contribution in [0.15, 0.2) is 0 Å². The Morgan fingerprint density at radius 2 is 2.00 bits per heavy atom. The monoisotopic (exact) mass is 198 g/mol. The lowest BCUT2D eigenvalue weighted by Gasteiger charge is -2.12. The van der Waals surface area contributed by atoms with Gasteiger partial charge in [-0.2, -0.15) is 0 Å². The van der Waals surface area contributed by atoms with Gasteiger partial charge in [0.05, 0.1) is 6.04 Å². The van der Waals surface area contributed by atoms with Gasteiger partial charge in [0.15, 0.2) is 0 Å². The normalized spacial score (nSPS) is 18.0. The maximum Gasteiger partial charge on any atom is 0.289 e. The van der Waals surface area contributed by atoms with Crippen LogP contribution in [0, 0.1) is 5.92 Å². The Morgan fingerprint density at radius 3 is 2.43 bits per heavy atom. The highest BCUT2D eigenvalue weighted by atomic mass is 16.2. The third-order valence-corrected chi connectivity index (χ3v) is 2.20. The van der Waals surface area contributed by atoms with E-state index < -0.39 is 17.7 Å². The van der Waals surface area contributed by atoms with Gasteiger partial charge >= 0.3 is 0 Å². The maximum absolute atomic E-state index is 11.4. The van der Waals surface area contributed by atoms with Crippen LogP contribution in [0.3, 0.4) is 0 Å². The summed E-state index contributed by atoms with van der Waals surface area (Å²) >= 11 is 0. The Bertz CT molecular complexity index is 234. The maximum atomic E-state index is 11.4. The molecule has 0 heterocycles. The van der Waals surface area contributed by atoms with Crippen LogP contribution in [0.2, 0.25) is 0 Å². The standard InChI is InChI=1S/C10H18N2O2/c1-6(2)5-8(11)9(13)10(14)12-7-3-4-7/h6-8H,3-5,11H2,1-2H3,(H,12,14). The minimum absolute atomic E-state index is 0.220. The molecule has 1 fully saturated rings. The van der Waals surface area contributed by atoms with E-state index in [4.69, 9.17) is 5.73 Å². The fourth-order valence-corrected chi connectivity index (χ4v) is 1.27. The summed E-state index contributed by atoms with van der Waals surface area (Å²) in [5.74, 6) is -0.658. The van der Waals surface area contributed by atoms with Gasteiger partial charge in [-0.1, -0.05) is 13.8 Å². The number of hydrogen-bond donors (Lipinski definition) is 2. The molecule has 0 aromatic rings. The van der Waals surface area contributed by atoms with Crippen LogP contribution in [0.5, 0.6) is 0 Å². The van der Waals surface area contributed by atoms with Crippen molar-refractivity contribution in [3.05, 3.63) is 0 Å². The zero-order valence-electron chi connectivity index (χ0n) is 8.75.